The summed E-state index contributed by atoms with van der Waals surface area (Å²) in [6, 6.07) is 6.17. The second-order valence-corrected chi connectivity index (χ2v) is 8.39. The van der Waals surface area contributed by atoms with Crippen molar-refractivity contribution in [2.24, 2.45) is 11.8 Å². The third kappa shape index (κ3) is 4.21. The molecule has 2 aromatic rings. The van der Waals surface area contributed by atoms with Crippen molar-refractivity contribution in [3.63, 3.8) is 0 Å². The molecule has 3 saturated heterocycles. The molecule has 0 unspecified atom stereocenters. The van der Waals surface area contributed by atoms with Crippen molar-refractivity contribution in [3.05, 3.63) is 47.6 Å². The Morgan fingerprint density at radius 1 is 1.30 bits per heavy atom. The van der Waals surface area contributed by atoms with Crippen LogP contribution in [0.15, 0.2) is 35.1 Å². The Bertz CT molecular complexity index is 773. The first kappa shape index (κ1) is 18.2. The van der Waals surface area contributed by atoms with Crippen molar-refractivity contribution >= 4 is 5.91 Å². The molecule has 27 heavy (non-hydrogen) atoms. The average molecular weight is 368 g/mol. The van der Waals surface area contributed by atoms with Gasteiger partial charge in [-0.1, -0.05) is 25.1 Å². The van der Waals surface area contributed by atoms with Crippen LogP contribution in [-0.2, 0) is 13.0 Å². The normalized spacial score (nSPS) is 23.0. The van der Waals surface area contributed by atoms with E-state index < -0.39 is 0 Å². The molecule has 2 bridgehead atoms. The molecule has 0 N–H and O–H groups in total. The van der Waals surface area contributed by atoms with Crippen LogP contribution >= 0.6 is 0 Å². The van der Waals surface area contributed by atoms with E-state index in [-0.39, 0.29) is 11.9 Å². The number of aromatic nitrogens is 2. The predicted octanol–water partition coefficient (Wildman–Crippen LogP) is 3.00. The van der Waals surface area contributed by atoms with Crippen molar-refractivity contribution < 1.29 is 9.32 Å². The van der Waals surface area contributed by atoms with E-state index in [1.165, 1.54) is 12.0 Å². The molecule has 0 radical (unpaired) electrons. The topological polar surface area (TPSA) is 62.5 Å². The lowest BCUT2D eigenvalue weighted by molar-refractivity contribution is 0.0543. The maximum absolute atomic E-state index is 13.1. The summed E-state index contributed by atoms with van der Waals surface area (Å²) in [5.74, 6) is 1.39. The Kier molecular flexibility index (Phi) is 5.25. The van der Waals surface area contributed by atoms with Gasteiger partial charge in [0, 0.05) is 50.7 Å². The number of piperidine rings is 1. The lowest BCUT2D eigenvalue weighted by Gasteiger charge is -2.35. The highest BCUT2D eigenvalue weighted by atomic mass is 16.5. The van der Waals surface area contributed by atoms with Crippen LogP contribution in [0.2, 0.25) is 0 Å². The van der Waals surface area contributed by atoms with Crippen LogP contribution in [0, 0.1) is 11.8 Å². The van der Waals surface area contributed by atoms with Crippen molar-refractivity contribution in [2.45, 2.75) is 45.7 Å². The quantitative estimate of drug-likeness (QED) is 0.812. The van der Waals surface area contributed by atoms with E-state index in [9.17, 15) is 4.79 Å². The van der Waals surface area contributed by atoms with Crippen LogP contribution in [0.5, 0.6) is 0 Å². The molecule has 3 aliphatic heterocycles. The molecule has 1 amide bonds. The molecule has 2 aromatic heterocycles. The minimum absolute atomic E-state index is 0.00423. The summed E-state index contributed by atoms with van der Waals surface area (Å²) in [5, 5.41) is 4.09. The minimum atomic E-state index is -0.00423. The van der Waals surface area contributed by atoms with Crippen molar-refractivity contribution in [1.29, 1.82) is 0 Å². The monoisotopic (exact) mass is 368 g/mol. The Morgan fingerprint density at radius 2 is 2.19 bits per heavy atom. The summed E-state index contributed by atoms with van der Waals surface area (Å²) in [4.78, 5) is 21.8. The maximum Gasteiger partial charge on any atom is 0.292 e. The first-order valence-electron chi connectivity index (χ1n) is 9.96. The zero-order valence-corrected chi connectivity index (χ0v) is 16.2. The predicted molar refractivity (Wildman–Crippen MR) is 102 cm³/mol. The lowest BCUT2D eigenvalue weighted by atomic mass is 9.94. The molecule has 6 heteroatoms. The van der Waals surface area contributed by atoms with Gasteiger partial charge in [-0.3, -0.25) is 14.7 Å². The van der Waals surface area contributed by atoms with E-state index in [1.54, 1.807) is 6.20 Å². The molecule has 5 rings (SSSR count). The summed E-state index contributed by atoms with van der Waals surface area (Å²) in [7, 11) is 0. The Morgan fingerprint density at radius 3 is 2.96 bits per heavy atom. The van der Waals surface area contributed by atoms with Crippen LogP contribution in [0.25, 0.3) is 0 Å². The summed E-state index contributed by atoms with van der Waals surface area (Å²) in [6.45, 7) is 7.92. The second kappa shape index (κ2) is 7.80. The summed E-state index contributed by atoms with van der Waals surface area (Å²) < 4.78 is 5.39. The van der Waals surface area contributed by atoms with Gasteiger partial charge in [-0.25, -0.2) is 0 Å². The van der Waals surface area contributed by atoms with Crippen LogP contribution in [0.1, 0.15) is 48.5 Å². The molecular weight excluding hydrogens is 340 g/mol. The van der Waals surface area contributed by atoms with Gasteiger partial charge in [0.1, 0.15) is 0 Å². The Hall–Kier alpha value is -2.21. The summed E-state index contributed by atoms with van der Waals surface area (Å²) in [5.41, 5.74) is 2.09. The van der Waals surface area contributed by atoms with Gasteiger partial charge >= 0.3 is 0 Å². The zero-order valence-electron chi connectivity index (χ0n) is 16.2. The fraction of sp³-hybridized carbons (Fsp3) is 0.571. The molecule has 2 atom stereocenters. The number of pyridine rings is 1. The maximum atomic E-state index is 13.1. The molecule has 144 valence electrons. The van der Waals surface area contributed by atoms with Crippen LogP contribution < -0.4 is 0 Å². The fourth-order valence-corrected chi connectivity index (χ4v) is 4.38. The van der Waals surface area contributed by atoms with Crippen molar-refractivity contribution in [3.8, 4) is 0 Å². The third-order valence-electron chi connectivity index (χ3n) is 5.57. The van der Waals surface area contributed by atoms with Crippen LogP contribution in [0.4, 0.5) is 0 Å². The van der Waals surface area contributed by atoms with Gasteiger partial charge in [0.25, 0.3) is 5.91 Å². The number of carbonyl (C=O) groups excluding carboxylic acids is 1. The molecule has 3 fully saturated rings. The Balaban J connectivity index is 1.45. The van der Waals surface area contributed by atoms with Gasteiger partial charge in [-0.05, 0) is 42.7 Å². The van der Waals surface area contributed by atoms with Gasteiger partial charge in [0.15, 0.2) is 0 Å². The van der Waals surface area contributed by atoms with Crippen LogP contribution in [-0.4, -0.2) is 51.5 Å². The van der Waals surface area contributed by atoms with E-state index in [2.05, 4.69) is 35.0 Å². The number of carbonyl (C=O) groups is 1. The molecule has 0 saturated carbocycles. The number of fused-ring (bicyclic) bond motifs is 4. The molecule has 3 aliphatic rings. The summed E-state index contributed by atoms with van der Waals surface area (Å²) in [6.07, 6.45) is 6.82. The summed E-state index contributed by atoms with van der Waals surface area (Å²) >= 11 is 0. The molecule has 6 nitrogen and oxygen atoms in total. The zero-order chi connectivity index (χ0) is 18.8. The van der Waals surface area contributed by atoms with E-state index in [1.807, 2.05) is 23.2 Å². The molecule has 0 spiro atoms. The number of rotatable bonds is 5. The minimum Gasteiger partial charge on any atom is -0.351 e. The van der Waals surface area contributed by atoms with Crippen molar-refractivity contribution in [1.82, 2.24) is 19.9 Å². The number of hydrogen-bond donors (Lipinski definition) is 0. The third-order valence-corrected chi connectivity index (χ3v) is 5.57. The van der Waals surface area contributed by atoms with Gasteiger partial charge in [0.2, 0.25) is 5.76 Å². The number of nitrogens with zero attached hydrogens (tertiary/aromatic N) is 4. The lowest BCUT2D eigenvalue weighted by Crippen LogP contribution is -2.47. The van der Waals surface area contributed by atoms with E-state index >= 15 is 0 Å². The molecular formula is C21H28N4O2. The fourth-order valence-electron chi connectivity index (χ4n) is 4.38. The number of amides is 1. The van der Waals surface area contributed by atoms with E-state index in [4.69, 9.17) is 4.52 Å². The second-order valence-electron chi connectivity index (χ2n) is 8.39. The Labute approximate surface area is 160 Å². The smallest absolute Gasteiger partial charge is 0.292 e. The number of hydrogen-bond acceptors (Lipinski definition) is 5. The SMILES string of the molecule is CC(C)Cc1cc(C(=O)N2C[C@H]3CC[C@@H]2CN(Cc2cccnc2)C3)on1. The largest absolute Gasteiger partial charge is 0.351 e. The highest BCUT2D eigenvalue weighted by Gasteiger charge is 2.38. The van der Waals surface area contributed by atoms with Gasteiger partial charge in [-0.15, -0.1) is 0 Å². The first-order valence-corrected chi connectivity index (χ1v) is 9.96. The van der Waals surface area contributed by atoms with Gasteiger partial charge in [-0.2, -0.15) is 0 Å². The highest BCUT2D eigenvalue weighted by Crippen LogP contribution is 2.30. The average Bonchev–Trinajstić information content (AvgIpc) is 2.93. The molecule has 5 heterocycles. The highest BCUT2D eigenvalue weighted by molar-refractivity contribution is 5.91. The standard InChI is InChI=1S/C21H28N4O2/c1-15(2)8-18-9-20(27-23-18)21(26)25-13-17-5-6-19(25)14-24(12-17)11-16-4-3-7-22-10-16/h3-4,7,9-10,15,17,19H,5-6,8,11-14H2,1-2H3/t17-,19+/m0/s1. The first-order chi connectivity index (χ1) is 13.1. The van der Waals surface area contributed by atoms with E-state index in [0.29, 0.717) is 17.6 Å². The molecule has 0 aromatic carbocycles. The molecule has 0 aliphatic carbocycles. The van der Waals surface area contributed by atoms with Gasteiger partial charge in [0.05, 0.1) is 5.69 Å². The van der Waals surface area contributed by atoms with Crippen molar-refractivity contribution in [2.75, 3.05) is 19.6 Å². The van der Waals surface area contributed by atoms with Gasteiger partial charge < -0.3 is 9.42 Å². The van der Waals surface area contributed by atoms with E-state index in [0.717, 1.165) is 44.7 Å². The van der Waals surface area contributed by atoms with Crippen LogP contribution in [0.3, 0.4) is 0 Å².